The third-order valence-corrected chi connectivity index (χ3v) is 3.48. The van der Waals surface area contributed by atoms with Crippen molar-refractivity contribution in [3.05, 3.63) is 29.8 Å². The standard InChI is InChI=1S/C16H23NO3/c1-3-17-8-9-19-16(11-17)12-20-15-6-4-14(5-7-15)10-13(2)18/h4-7,16H,3,8-12H2,1-2H3. The Morgan fingerprint density at radius 3 is 2.80 bits per heavy atom. The largest absolute Gasteiger partial charge is 0.491 e. The number of benzene rings is 1. The maximum atomic E-state index is 11.0. The van der Waals surface area contributed by atoms with Crippen LogP contribution < -0.4 is 4.74 Å². The lowest BCUT2D eigenvalue weighted by atomic mass is 10.1. The van der Waals surface area contributed by atoms with Gasteiger partial charge in [-0.05, 0) is 31.2 Å². The van der Waals surface area contributed by atoms with Gasteiger partial charge in [0.05, 0.1) is 6.61 Å². The van der Waals surface area contributed by atoms with Crippen molar-refractivity contribution in [3.8, 4) is 5.75 Å². The fraction of sp³-hybridized carbons (Fsp3) is 0.562. The molecule has 2 rings (SSSR count). The zero-order valence-electron chi connectivity index (χ0n) is 12.3. The van der Waals surface area contributed by atoms with Gasteiger partial charge in [0.2, 0.25) is 0 Å². The number of nitrogens with zero attached hydrogens (tertiary/aromatic N) is 1. The van der Waals surface area contributed by atoms with Gasteiger partial charge in [-0.25, -0.2) is 0 Å². The number of rotatable bonds is 6. The van der Waals surface area contributed by atoms with Crippen molar-refractivity contribution in [2.45, 2.75) is 26.4 Å². The summed E-state index contributed by atoms with van der Waals surface area (Å²) in [5.74, 6) is 1.00. The Hall–Kier alpha value is -1.39. The lowest BCUT2D eigenvalue weighted by molar-refractivity contribution is -0.116. The number of hydrogen-bond donors (Lipinski definition) is 0. The number of ketones is 1. The second kappa shape index (κ2) is 7.41. The van der Waals surface area contributed by atoms with Gasteiger partial charge in [-0.1, -0.05) is 19.1 Å². The minimum absolute atomic E-state index is 0.139. The Morgan fingerprint density at radius 1 is 1.40 bits per heavy atom. The summed E-state index contributed by atoms with van der Waals surface area (Å²) in [6.07, 6.45) is 0.623. The van der Waals surface area contributed by atoms with Crippen molar-refractivity contribution in [3.63, 3.8) is 0 Å². The highest BCUT2D eigenvalue weighted by molar-refractivity contribution is 5.78. The summed E-state index contributed by atoms with van der Waals surface area (Å²) in [5, 5.41) is 0. The number of likely N-dealkylation sites (N-methyl/N-ethyl adjacent to an activating group) is 1. The predicted octanol–water partition coefficient (Wildman–Crippen LogP) is 1.92. The van der Waals surface area contributed by atoms with Crippen molar-refractivity contribution >= 4 is 5.78 Å². The molecule has 20 heavy (non-hydrogen) atoms. The second-order valence-corrected chi connectivity index (χ2v) is 5.22. The van der Waals surface area contributed by atoms with E-state index >= 15 is 0 Å². The van der Waals surface area contributed by atoms with Gasteiger partial charge in [0, 0.05) is 19.5 Å². The van der Waals surface area contributed by atoms with E-state index in [1.165, 1.54) is 0 Å². The molecule has 0 spiro atoms. The van der Waals surface area contributed by atoms with E-state index in [0.717, 1.165) is 37.6 Å². The van der Waals surface area contributed by atoms with Crippen LogP contribution in [0.4, 0.5) is 0 Å². The Labute approximate surface area is 120 Å². The molecule has 0 radical (unpaired) electrons. The summed E-state index contributed by atoms with van der Waals surface area (Å²) in [6.45, 7) is 8.11. The van der Waals surface area contributed by atoms with Crippen molar-refractivity contribution in [2.75, 3.05) is 32.8 Å². The molecule has 0 aliphatic carbocycles. The van der Waals surface area contributed by atoms with Crippen molar-refractivity contribution in [2.24, 2.45) is 0 Å². The molecule has 0 aromatic heterocycles. The van der Waals surface area contributed by atoms with Gasteiger partial charge in [0.15, 0.2) is 0 Å². The highest BCUT2D eigenvalue weighted by Crippen LogP contribution is 2.14. The Kier molecular flexibility index (Phi) is 5.56. The molecule has 1 unspecified atom stereocenters. The lowest BCUT2D eigenvalue weighted by Gasteiger charge is -2.31. The average molecular weight is 277 g/mol. The smallest absolute Gasteiger partial charge is 0.134 e. The van der Waals surface area contributed by atoms with Gasteiger partial charge in [-0.2, -0.15) is 0 Å². The van der Waals surface area contributed by atoms with Crippen LogP contribution in [0.2, 0.25) is 0 Å². The molecular weight excluding hydrogens is 254 g/mol. The molecule has 0 bridgehead atoms. The highest BCUT2D eigenvalue weighted by Gasteiger charge is 2.19. The average Bonchev–Trinajstić information content (AvgIpc) is 2.46. The zero-order chi connectivity index (χ0) is 14.4. The van der Waals surface area contributed by atoms with Crippen LogP contribution in [0.25, 0.3) is 0 Å². The summed E-state index contributed by atoms with van der Waals surface area (Å²) in [6, 6.07) is 7.71. The van der Waals surface area contributed by atoms with Crippen molar-refractivity contribution in [1.82, 2.24) is 4.90 Å². The van der Waals surface area contributed by atoms with E-state index in [1.807, 2.05) is 24.3 Å². The van der Waals surface area contributed by atoms with E-state index in [1.54, 1.807) is 6.92 Å². The van der Waals surface area contributed by atoms with Crippen LogP contribution in [0.15, 0.2) is 24.3 Å². The number of hydrogen-bond acceptors (Lipinski definition) is 4. The normalized spacial score (nSPS) is 19.8. The number of Topliss-reactive ketones (excluding diaryl/α,β-unsaturated/α-hetero) is 1. The van der Waals surface area contributed by atoms with E-state index in [0.29, 0.717) is 13.0 Å². The maximum Gasteiger partial charge on any atom is 0.134 e. The van der Waals surface area contributed by atoms with Crippen molar-refractivity contribution in [1.29, 1.82) is 0 Å². The molecule has 0 amide bonds. The van der Waals surface area contributed by atoms with Gasteiger partial charge in [-0.15, -0.1) is 0 Å². The minimum Gasteiger partial charge on any atom is -0.491 e. The van der Waals surface area contributed by atoms with E-state index < -0.39 is 0 Å². The fourth-order valence-corrected chi connectivity index (χ4v) is 2.35. The van der Waals surface area contributed by atoms with Gasteiger partial charge in [0.25, 0.3) is 0 Å². The highest BCUT2D eigenvalue weighted by atomic mass is 16.5. The first-order valence-electron chi connectivity index (χ1n) is 7.22. The van der Waals surface area contributed by atoms with Crippen LogP contribution in [0.5, 0.6) is 5.75 Å². The van der Waals surface area contributed by atoms with Gasteiger partial charge >= 0.3 is 0 Å². The van der Waals surface area contributed by atoms with Crippen LogP contribution in [0, 0.1) is 0 Å². The van der Waals surface area contributed by atoms with Crippen LogP contribution in [-0.2, 0) is 16.0 Å². The number of ether oxygens (including phenoxy) is 2. The molecule has 1 aromatic carbocycles. The molecule has 0 N–H and O–H groups in total. The third-order valence-electron chi connectivity index (χ3n) is 3.48. The van der Waals surface area contributed by atoms with Gasteiger partial charge in [-0.3, -0.25) is 9.69 Å². The molecule has 1 saturated heterocycles. The minimum atomic E-state index is 0.139. The zero-order valence-corrected chi connectivity index (χ0v) is 12.3. The predicted molar refractivity (Wildman–Crippen MR) is 78.2 cm³/mol. The van der Waals surface area contributed by atoms with Crippen LogP contribution in [-0.4, -0.2) is 49.6 Å². The number of carbonyl (C=O) groups is 1. The van der Waals surface area contributed by atoms with Crippen LogP contribution in [0.3, 0.4) is 0 Å². The molecule has 1 aromatic rings. The molecule has 1 heterocycles. The Balaban J connectivity index is 1.80. The Bertz CT molecular complexity index is 430. The number of carbonyl (C=O) groups excluding carboxylic acids is 1. The SMILES string of the molecule is CCN1CCOC(COc2ccc(CC(C)=O)cc2)C1. The van der Waals surface area contributed by atoms with Gasteiger partial charge in [0.1, 0.15) is 24.2 Å². The summed E-state index contributed by atoms with van der Waals surface area (Å²) in [7, 11) is 0. The van der Waals surface area contributed by atoms with E-state index in [-0.39, 0.29) is 11.9 Å². The summed E-state index contributed by atoms with van der Waals surface area (Å²) < 4.78 is 11.5. The van der Waals surface area contributed by atoms with Gasteiger partial charge < -0.3 is 9.47 Å². The summed E-state index contributed by atoms with van der Waals surface area (Å²) >= 11 is 0. The fourth-order valence-electron chi connectivity index (χ4n) is 2.35. The maximum absolute atomic E-state index is 11.0. The lowest BCUT2D eigenvalue weighted by Crippen LogP contribution is -2.44. The van der Waals surface area contributed by atoms with Crippen molar-refractivity contribution < 1.29 is 14.3 Å². The molecule has 4 nitrogen and oxygen atoms in total. The summed E-state index contributed by atoms with van der Waals surface area (Å²) in [4.78, 5) is 13.4. The van der Waals surface area contributed by atoms with E-state index in [4.69, 9.17) is 9.47 Å². The van der Waals surface area contributed by atoms with Crippen LogP contribution in [0.1, 0.15) is 19.4 Å². The summed E-state index contributed by atoms with van der Waals surface area (Å²) in [5.41, 5.74) is 1.02. The first kappa shape index (κ1) is 15.0. The molecule has 1 aliphatic rings. The number of morpholine rings is 1. The monoisotopic (exact) mass is 277 g/mol. The molecule has 4 heteroatoms. The Morgan fingerprint density at radius 2 is 2.15 bits per heavy atom. The third kappa shape index (κ3) is 4.62. The molecule has 1 atom stereocenters. The topological polar surface area (TPSA) is 38.8 Å². The molecule has 0 saturated carbocycles. The van der Waals surface area contributed by atoms with E-state index in [9.17, 15) is 4.79 Å². The molecule has 110 valence electrons. The van der Waals surface area contributed by atoms with E-state index in [2.05, 4.69) is 11.8 Å². The first-order valence-corrected chi connectivity index (χ1v) is 7.22. The molecule has 1 fully saturated rings. The molecular formula is C16H23NO3. The quantitative estimate of drug-likeness (QED) is 0.796. The molecule has 1 aliphatic heterocycles. The van der Waals surface area contributed by atoms with Crippen LogP contribution >= 0.6 is 0 Å². The second-order valence-electron chi connectivity index (χ2n) is 5.22. The first-order chi connectivity index (χ1) is 9.67.